The van der Waals surface area contributed by atoms with Crippen molar-refractivity contribution in [3.05, 3.63) is 48.3 Å². The number of fused-ring (bicyclic) bond motifs is 2. The first-order chi connectivity index (χ1) is 13.2. The number of piperazine rings is 1. The van der Waals surface area contributed by atoms with Crippen LogP contribution in [0.3, 0.4) is 0 Å². The number of rotatable bonds is 3. The van der Waals surface area contributed by atoms with Crippen LogP contribution in [0.1, 0.15) is 12.5 Å². The zero-order valence-electron chi connectivity index (χ0n) is 15.2. The monoisotopic (exact) mass is 382 g/mol. The van der Waals surface area contributed by atoms with Gasteiger partial charge in [0.15, 0.2) is 11.0 Å². The van der Waals surface area contributed by atoms with E-state index in [1.54, 1.807) is 6.20 Å². The Morgan fingerprint density at radius 2 is 2.22 bits per heavy atom. The number of anilines is 1. The van der Waals surface area contributed by atoms with Crippen molar-refractivity contribution in [1.29, 1.82) is 0 Å². The third-order valence-electron chi connectivity index (χ3n) is 5.28. The molecule has 0 saturated carbocycles. The summed E-state index contributed by atoms with van der Waals surface area (Å²) in [5.41, 5.74) is 3.91. The molecule has 1 saturated heterocycles. The summed E-state index contributed by atoms with van der Waals surface area (Å²) in [4.78, 5) is 7.77. The molecule has 1 N–H and O–H groups in total. The van der Waals surface area contributed by atoms with Gasteiger partial charge in [-0.15, -0.1) is 0 Å². The van der Waals surface area contributed by atoms with E-state index in [0.29, 0.717) is 12.6 Å². The van der Waals surface area contributed by atoms with Crippen LogP contribution in [-0.4, -0.2) is 45.4 Å². The van der Waals surface area contributed by atoms with Crippen LogP contribution in [0, 0.1) is 0 Å². The number of aromatic nitrogens is 2. The largest absolute Gasteiger partial charge is 0.493 e. The van der Waals surface area contributed by atoms with Gasteiger partial charge in [-0.1, -0.05) is 6.07 Å². The van der Waals surface area contributed by atoms with Gasteiger partial charge in [0.05, 0.1) is 22.7 Å². The molecule has 1 aromatic carbocycles. The molecule has 1 fully saturated rings. The standard InChI is InChI=1S/C20H22N4O2S/c1-14-12-23(10-9-21-14)17-13-24(16-4-3-8-22-20(16)17)27(25)19-6-2-5-18-15(19)7-11-26-18/h2-6,8,13-14,21H,7,9-12H2,1H3. The molecule has 5 rings (SSSR count). The van der Waals surface area contributed by atoms with E-state index in [9.17, 15) is 4.21 Å². The van der Waals surface area contributed by atoms with Crippen molar-refractivity contribution < 1.29 is 8.95 Å². The first-order valence-electron chi connectivity index (χ1n) is 9.34. The van der Waals surface area contributed by atoms with Crippen LogP contribution in [0.15, 0.2) is 47.6 Å². The van der Waals surface area contributed by atoms with E-state index in [1.165, 1.54) is 0 Å². The Morgan fingerprint density at radius 1 is 1.30 bits per heavy atom. The summed E-state index contributed by atoms with van der Waals surface area (Å²) in [6.45, 7) is 5.61. The van der Waals surface area contributed by atoms with Gasteiger partial charge < -0.3 is 15.0 Å². The topological polar surface area (TPSA) is 59.4 Å². The molecule has 7 heteroatoms. The average molecular weight is 382 g/mol. The lowest BCUT2D eigenvalue weighted by Crippen LogP contribution is -2.49. The van der Waals surface area contributed by atoms with Crippen molar-refractivity contribution in [1.82, 2.24) is 14.3 Å². The van der Waals surface area contributed by atoms with Crippen molar-refractivity contribution in [2.75, 3.05) is 31.1 Å². The predicted molar refractivity (Wildman–Crippen MR) is 107 cm³/mol. The first kappa shape index (κ1) is 16.8. The number of hydrogen-bond donors (Lipinski definition) is 1. The van der Waals surface area contributed by atoms with Gasteiger partial charge >= 0.3 is 0 Å². The summed E-state index contributed by atoms with van der Waals surface area (Å²) in [7, 11) is -1.34. The fourth-order valence-electron chi connectivity index (χ4n) is 3.99. The minimum atomic E-state index is -1.34. The zero-order chi connectivity index (χ0) is 18.4. The van der Waals surface area contributed by atoms with Crippen molar-refractivity contribution in [3.8, 4) is 5.75 Å². The van der Waals surface area contributed by atoms with Crippen LogP contribution in [0.25, 0.3) is 11.0 Å². The number of hydrogen-bond acceptors (Lipinski definition) is 5. The molecule has 0 bridgehead atoms. The average Bonchev–Trinajstić information content (AvgIpc) is 3.32. The zero-order valence-corrected chi connectivity index (χ0v) is 16.0. The van der Waals surface area contributed by atoms with E-state index in [0.717, 1.165) is 59.0 Å². The van der Waals surface area contributed by atoms with Crippen LogP contribution in [-0.2, 0) is 17.4 Å². The van der Waals surface area contributed by atoms with Crippen LogP contribution in [0.5, 0.6) is 5.75 Å². The van der Waals surface area contributed by atoms with Gasteiger partial charge in [0.2, 0.25) is 0 Å². The van der Waals surface area contributed by atoms with Crippen LogP contribution in [0.2, 0.25) is 0 Å². The number of benzene rings is 1. The maximum absolute atomic E-state index is 13.5. The van der Waals surface area contributed by atoms with Gasteiger partial charge in [0, 0.05) is 50.1 Å². The Balaban J connectivity index is 1.62. The Morgan fingerprint density at radius 3 is 3.11 bits per heavy atom. The fourth-order valence-corrected chi connectivity index (χ4v) is 5.34. The molecule has 2 unspecified atom stereocenters. The molecule has 2 aliphatic heterocycles. The molecule has 0 amide bonds. The van der Waals surface area contributed by atoms with Crippen LogP contribution in [0.4, 0.5) is 5.69 Å². The maximum atomic E-state index is 13.5. The Bertz CT molecular complexity index is 1030. The number of nitrogens with one attached hydrogen (secondary N) is 1. The van der Waals surface area contributed by atoms with Gasteiger partial charge in [0.1, 0.15) is 11.3 Å². The van der Waals surface area contributed by atoms with Crippen molar-refractivity contribution >= 4 is 27.7 Å². The minimum Gasteiger partial charge on any atom is -0.493 e. The summed E-state index contributed by atoms with van der Waals surface area (Å²) < 4.78 is 21.1. The summed E-state index contributed by atoms with van der Waals surface area (Å²) in [5.74, 6) is 0.853. The van der Waals surface area contributed by atoms with E-state index in [2.05, 4.69) is 22.1 Å². The van der Waals surface area contributed by atoms with E-state index < -0.39 is 11.0 Å². The van der Waals surface area contributed by atoms with Gasteiger partial charge in [-0.05, 0) is 31.2 Å². The summed E-state index contributed by atoms with van der Waals surface area (Å²) >= 11 is 0. The lowest BCUT2D eigenvalue weighted by molar-refractivity contribution is 0.357. The number of pyridine rings is 1. The van der Waals surface area contributed by atoms with Gasteiger partial charge in [-0.25, -0.2) is 4.21 Å². The minimum absolute atomic E-state index is 0.418. The second-order valence-corrected chi connectivity index (χ2v) is 8.42. The molecule has 2 atom stereocenters. The molecule has 27 heavy (non-hydrogen) atoms. The third kappa shape index (κ3) is 2.82. The quantitative estimate of drug-likeness (QED) is 0.754. The van der Waals surface area contributed by atoms with Gasteiger partial charge in [-0.2, -0.15) is 0 Å². The normalized spacial score (nSPS) is 20.5. The molecule has 0 aliphatic carbocycles. The fraction of sp³-hybridized carbons (Fsp3) is 0.350. The summed E-state index contributed by atoms with van der Waals surface area (Å²) in [5, 5.41) is 3.47. The van der Waals surface area contributed by atoms with E-state index >= 15 is 0 Å². The highest BCUT2D eigenvalue weighted by Gasteiger charge is 2.25. The highest BCUT2D eigenvalue weighted by molar-refractivity contribution is 7.83. The lowest BCUT2D eigenvalue weighted by Gasteiger charge is -2.32. The lowest BCUT2D eigenvalue weighted by atomic mass is 10.2. The second-order valence-electron chi connectivity index (χ2n) is 7.09. The van der Waals surface area contributed by atoms with Crippen LogP contribution < -0.4 is 15.0 Å². The molecule has 140 valence electrons. The molecular weight excluding hydrogens is 360 g/mol. The SMILES string of the molecule is CC1CN(c2cn(S(=O)c3cccc4c3CCO4)c3cccnc23)CCN1. The smallest absolute Gasteiger partial charge is 0.157 e. The van der Waals surface area contributed by atoms with Gasteiger partial charge in [-0.3, -0.25) is 8.96 Å². The number of nitrogens with zero attached hydrogens (tertiary/aromatic N) is 3. The van der Waals surface area contributed by atoms with E-state index in [1.807, 2.05) is 40.5 Å². The van der Waals surface area contributed by atoms with Crippen molar-refractivity contribution in [3.63, 3.8) is 0 Å². The molecule has 0 radical (unpaired) electrons. The third-order valence-corrected chi connectivity index (χ3v) is 6.70. The number of ether oxygens (including phenoxy) is 1. The first-order valence-corrected chi connectivity index (χ1v) is 10.4. The highest BCUT2D eigenvalue weighted by Crippen LogP contribution is 2.34. The Labute approximate surface area is 160 Å². The Kier molecular flexibility index (Phi) is 4.13. The maximum Gasteiger partial charge on any atom is 0.157 e. The Hall–Kier alpha value is -2.38. The van der Waals surface area contributed by atoms with E-state index in [-0.39, 0.29) is 0 Å². The van der Waals surface area contributed by atoms with Gasteiger partial charge in [0.25, 0.3) is 0 Å². The van der Waals surface area contributed by atoms with Crippen molar-refractivity contribution in [2.45, 2.75) is 24.3 Å². The highest BCUT2D eigenvalue weighted by atomic mass is 32.2. The van der Waals surface area contributed by atoms with E-state index in [4.69, 9.17) is 4.74 Å². The molecular formula is C20H22N4O2S. The molecule has 2 aromatic heterocycles. The molecule has 3 aromatic rings. The summed E-state index contributed by atoms with van der Waals surface area (Å²) in [6, 6.07) is 10.1. The predicted octanol–water partition coefficient (Wildman–Crippen LogP) is 2.34. The second kappa shape index (κ2) is 6.65. The van der Waals surface area contributed by atoms with Crippen LogP contribution >= 0.6 is 0 Å². The molecule has 6 nitrogen and oxygen atoms in total. The molecule has 4 heterocycles. The van der Waals surface area contributed by atoms with Crippen molar-refractivity contribution in [2.24, 2.45) is 0 Å². The summed E-state index contributed by atoms with van der Waals surface area (Å²) in [6.07, 6.45) is 4.61. The molecule has 2 aliphatic rings. The molecule has 0 spiro atoms.